The Kier molecular flexibility index (Phi) is 10.6. The van der Waals surface area contributed by atoms with Gasteiger partial charge in [-0.05, 0) is 77.6 Å². The average molecular weight is 694 g/mol. The molecule has 0 fully saturated rings. The Labute approximate surface area is 221 Å². The van der Waals surface area contributed by atoms with Gasteiger partial charge in [-0.15, -0.1) is 11.4 Å². The number of hydrogen-bond acceptors (Lipinski definition) is 2. The number of rotatable bonds is 4. The molecule has 3 aromatic rings. The summed E-state index contributed by atoms with van der Waals surface area (Å²) >= 11 is 4.55. The predicted octanol–water partition coefficient (Wildman–Crippen LogP) is 8.54. The summed E-state index contributed by atoms with van der Waals surface area (Å²) in [7, 11) is 1.19. The third-order valence-electron chi connectivity index (χ3n) is 5.21. The first-order valence-corrected chi connectivity index (χ1v) is 17.5. The molecule has 2 aromatic carbocycles. The van der Waals surface area contributed by atoms with Gasteiger partial charge in [0.15, 0.2) is 0 Å². The van der Waals surface area contributed by atoms with Crippen LogP contribution in [0.1, 0.15) is 58.6 Å². The fourth-order valence-electron chi connectivity index (χ4n) is 3.91. The Bertz CT molecular complexity index is 1030. The van der Waals surface area contributed by atoms with E-state index in [1.807, 2.05) is 26.0 Å². The molecule has 6 heteroatoms. The normalized spacial score (nSPS) is 11.9. The van der Waals surface area contributed by atoms with Crippen LogP contribution in [0.5, 0.6) is 0 Å². The first-order valence-electron chi connectivity index (χ1n) is 10.3. The number of nitrogens with zero attached hydrogens (tertiary/aromatic N) is 3. The first-order chi connectivity index (χ1) is 15.1. The van der Waals surface area contributed by atoms with Crippen LogP contribution >= 0.6 is 40.7 Å². The summed E-state index contributed by atoms with van der Waals surface area (Å²) in [6.45, 7) is 16.7. The molecule has 1 aromatic heterocycles. The molecule has 0 radical (unpaired) electrons. The third-order valence-corrected chi connectivity index (χ3v) is 5.21. The summed E-state index contributed by atoms with van der Waals surface area (Å²) in [5.74, 6) is 0. The van der Waals surface area contributed by atoms with Gasteiger partial charge in [0.2, 0.25) is 0 Å². The minimum absolute atomic E-state index is 0.895. The van der Waals surface area contributed by atoms with Gasteiger partial charge in [0, 0.05) is 11.4 Å². The quantitative estimate of drug-likeness (QED) is 0.153. The van der Waals surface area contributed by atoms with E-state index in [9.17, 15) is 0 Å². The van der Waals surface area contributed by atoms with E-state index in [1.165, 1.54) is 41.8 Å². The molecule has 32 heavy (non-hydrogen) atoms. The second-order valence-corrected chi connectivity index (χ2v) is 17.5. The van der Waals surface area contributed by atoms with Crippen LogP contribution < -0.4 is 4.98 Å². The summed E-state index contributed by atoms with van der Waals surface area (Å²) in [4.78, 5) is 14.6. The monoisotopic (exact) mass is 694 g/mol. The zero-order valence-electron chi connectivity index (χ0n) is 19.9. The average Bonchev–Trinajstić information content (AvgIpc) is 3.18. The van der Waals surface area contributed by atoms with Crippen LogP contribution in [0.3, 0.4) is 0 Å². The van der Waals surface area contributed by atoms with Crippen molar-refractivity contribution in [1.82, 2.24) is 4.98 Å². The number of aryl methyl sites for hydroxylation is 6. The topological polar surface area (TPSA) is 38.8 Å². The molecular weight excluding hydrogens is 664 g/mol. The molecule has 171 valence electrons. The molecule has 0 amide bonds. The number of aromatic nitrogens is 1. The zero-order valence-corrected chi connectivity index (χ0v) is 25.3. The van der Waals surface area contributed by atoms with Crippen molar-refractivity contribution in [2.45, 2.75) is 55.4 Å². The van der Waals surface area contributed by atoms with E-state index in [0.29, 0.717) is 0 Å². The summed E-state index contributed by atoms with van der Waals surface area (Å²) in [5, 5.41) is 0. The van der Waals surface area contributed by atoms with Crippen LogP contribution in [0, 0.1) is 41.5 Å². The van der Waals surface area contributed by atoms with E-state index >= 15 is 0 Å². The van der Waals surface area contributed by atoms with Crippen LogP contribution in [-0.4, -0.2) is 11.4 Å². The summed E-state index contributed by atoms with van der Waals surface area (Å²) in [5.41, 5.74) is 13.0. The molecule has 0 spiro atoms. The Morgan fingerprint density at radius 2 is 0.938 bits per heavy atom. The van der Waals surface area contributed by atoms with Crippen LogP contribution in [0.25, 0.3) is 0 Å². The van der Waals surface area contributed by atoms with Crippen molar-refractivity contribution in [3.05, 3.63) is 81.2 Å². The van der Waals surface area contributed by atoms with Crippen molar-refractivity contribution >= 4 is 63.5 Å². The standard InChI is InChI=1S/C26H30N3.Fe.2HI/c1-15-11-17(3)25(18(4)12-15)27-21(7)23-9-10-24(29-23)22(8)28-26-19(5)13-16(2)14-20(26)6;;;/h9-14H,1-8H3;;2*1H/q-1;+3;;/p-2. The van der Waals surface area contributed by atoms with E-state index in [-0.39, 0.29) is 0 Å². The van der Waals surface area contributed by atoms with Gasteiger partial charge in [0.1, 0.15) is 0 Å². The summed E-state index contributed by atoms with van der Waals surface area (Å²) < 4.78 is 0. The number of hydrogen-bond donors (Lipinski definition) is 0. The van der Waals surface area contributed by atoms with Gasteiger partial charge in [-0.3, -0.25) is 9.98 Å². The second kappa shape index (κ2) is 12.5. The maximum absolute atomic E-state index is 4.88. The molecule has 0 atom stereocenters. The van der Waals surface area contributed by atoms with Crippen molar-refractivity contribution in [2.75, 3.05) is 0 Å². The second-order valence-electron chi connectivity index (χ2n) is 8.16. The van der Waals surface area contributed by atoms with Crippen molar-refractivity contribution in [3.8, 4) is 0 Å². The first kappa shape index (κ1) is 27.3. The molecule has 0 N–H and O–H groups in total. The fraction of sp³-hybridized carbons (Fsp3) is 0.308. The van der Waals surface area contributed by atoms with E-state index in [2.05, 4.69) is 106 Å². The fourth-order valence-corrected chi connectivity index (χ4v) is 3.91. The number of benzene rings is 2. The predicted molar refractivity (Wildman–Crippen MR) is 153 cm³/mol. The van der Waals surface area contributed by atoms with Crippen molar-refractivity contribution in [2.24, 2.45) is 9.98 Å². The zero-order chi connectivity index (χ0) is 24.0. The van der Waals surface area contributed by atoms with Crippen LogP contribution in [0.15, 0.2) is 46.4 Å². The van der Waals surface area contributed by atoms with E-state index in [1.54, 1.807) is 0 Å². The molecule has 0 saturated carbocycles. The van der Waals surface area contributed by atoms with Gasteiger partial charge in [0.05, 0.1) is 11.4 Å². The summed E-state index contributed by atoms with van der Waals surface area (Å²) in [6.07, 6.45) is 0. The Morgan fingerprint density at radius 1 is 0.656 bits per heavy atom. The SMILES string of the molecule is CC(=Nc1c(C)cc(C)cc1C)c1ccc(C(C)=Nc2c(C)cc(C)cc2C)[n-]1.[I][Fe+][I]. The number of halogens is 2. The van der Waals surface area contributed by atoms with Crippen molar-refractivity contribution in [3.63, 3.8) is 0 Å². The van der Waals surface area contributed by atoms with Crippen molar-refractivity contribution < 1.29 is 8.46 Å². The molecule has 0 unspecified atom stereocenters. The van der Waals surface area contributed by atoms with Crippen molar-refractivity contribution in [1.29, 1.82) is 0 Å². The molecule has 0 saturated heterocycles. The molecular formula is C26H30FeI2N3. The molecule has 0 aliphatic carbocycles. The van der Waals surface area contributed by atoms with Gasteiger partial charge >= 0.3 is 49.1 Å². The molecule has 0 aliphatic heterocycles. The van der Waals surface area contributed by atoms with E-state index in [0.717, 1.165) is 34.2 Å². The van der Waals surface area contributed by atoms with Gasteiger partial charge in [-0.1, -0.05) is 47.5 Å². The Balaban J connectivity index is 0.00000114. The maximum atomic E-state index is 4.88. The van der Waals surface area contributed by atoms with Crippen LogP contribution in [-0.2, 0) is 8.46 Å². The Hall–Kier alpha value is -0.961. The summed E-state index contributed by atoms with van der Waals surface area (Å²) in [6, 6.07) is 12.7. The number of aliphatic imine (C=N–C) groups is 2. The van der Waals surface area contributed by atoms with Gasteiger partial charge in [-0.2, -0.15) is 0 Å². The third kappa shape index (κ3) is 7.27. The molecule has 1 heterocycles. The molecule has 0 aliphatic rings. The van der Waals surface area contributed by atoms with Crippen LogP contribution in [0.2, 0.25) is 0 Å². The molecule has 0 bridgehead atoms. The minimum atomic E-state index is 0.895. The van der Waals surface area contributed by atoms with E-state index in [4.69, 9.17) is 15.0 Å². The Morgan fingerprint density at radius 3 is 1.22 bits per heavy atom. The van der Waals surface area contributed by atoms with Gasteiger partial charge < -0.3 is 4.98 Å². The molecule has 3 rings (SSSR count). The van der Waals surface area contributed by atoms with Gasteiger partial charge in [-0.25, -0.2) is 0 Å². The van der Waals surface area contributed by atoms with Crippen LogP contribution in [0.4, 0.5) is 11.4 Å². The van der Waals surface area contributed by atoms with E-state index < -0.39 is 0 Å². The molecule has 3 nitrogen and oxygen atoms in total. The van der Waals surface area contributed by atoms with Gasteiger partial charge in [0.25, 0.3) is 0 Å².